The Morgan fingerprint density at radius 1 is 1.11 bits per heavy atom. The number of para-hydroxylation sites is 1. The summed E-state index contributed by atoms with van der Waals surface area (Å²) in [6.07, 6.45) is 0. The van der Waals surface area contributed by atoms with Crippen LogP contribution in [0.3, 0.4) is 0 Å². The third kappa shape index (κ3) is 4.78. The van der Waals surface area contributed by atoms with Crippen molar-refractivity contribution in [3.63, 3.8) is 0 Å². The molecule has 3 amide bonds. The van der Waals surface area contributed by atoms with Crippen LogP contribution < -0.4 is 10.1 Å². The van der Waals surface area contributed by atoms with E-state index in [9.17, 15) is 9.59 Å². The first-order valence-corrected chi connectivity index (χ1v) is 9.05. The lowest BCUT2D eigenvalue weighted by atomic mass is 10.1. The van der Waals surface area contributed by atoms with Crippen LogP contribution in [0.25, 0.3) is 0 Å². The van der Waals surface area contributed by atoms with E-state index in [1.54, 1.807) is 16.9 Å². The lowest BCUT2D eigenvalue weighted by Gasteiger charge is -2.19. The van der Waals surface area contributed by atoms with Gasteiger partial charge in [-0.3, -0.25) is 4.79 Å². The monoisotopic (exact) mass is 367 g/mol. The van der Waals surface area contributed by atoms with Crippen LogP contribution in [-0.2, 0) is 17.9 Å². The standard InChI is InChI=1S/C21H25N3O3/c1-16-6-5-7-17(12-16)14-23-10-11-24(21(23)26)15-20(25)22-13-18-8-3-4-9-19(18)27-2/h3-9,12H,10-11,13-15H2,1-2H3,(H,22,25). The fraction of sp³-hybridized carbons (Fsp3) is 0.333. The Bertz CT molecular complexity index is 822. The SMILES string of the molecule is COc1ccccc1CNC(=O)CN1CCN(Cc2cccc(C)c2)C1=O. The van der Waals surface area contributed by atoms with Gasteiger partial charge in [0.15, 0.2) is 0 Å². The summed E-state index contributed by atoms with van der Waals surface area (Å²) < 4.78 is 5.28. The number of nitrogens with one attached hydrogen (secondary N) is 1. The van der Waals surface area contributed by atoms with Crippen LogP contribution in [0, 0.1) is 6.92 Å². The van der Waals surface area contributed by atoms with Gasteiger partial charge >= 0.3 is 6.03 Å². The second-order valence-corrected chi connectivity index (χ2v) is 6.70. The van der Waals surface area contributed by atoms with E-state index in [-0.39, 0.29) is 18.5 Å². The van der Waals surface area contributed by atoms with E-state index < -0.39 is 0 Å². The Morgan fingerprint density at radius 3 is 2.67 bits per heavy atom. The van der Waals surface area contributed by atoms with Gasteiger partial charge < -0.3 is 19.9 Å². The van der Waals surface area contributed by atoms with E-state index in [0.717, 1.165) is 16.9 Å². The van der Waals surface area contributed by atoms with Gasteiger partial charge in [-0.25, -0.2) is 4.79 Å². The first-order chi connectivity index (χ1) is 13.1. The van der Waals surface area contributed by atoms with Gasteiger partial charge in [-0.1, -0.05) is 48.0 Å². The number of hydrogen-bond donors (Lipinski definition) is 1. The molecule has 0 spiro atoms. The van der Waals surface area contributed by atoms with E-state index in [0.29, 0.717) is 26.2 Å². The molecular formula is C21H25N3O3. The van der Waals surface area contributed by atoms with Crippen LogP contribution in [0.4, 0.5) is 4.79 Å². The number of nitrogens with zero attached hydrogens (tertiary/aromatic N) is 2. The number of amides is 3. The highest BCUT2D eigenvalue weighted by Gasteiger charge is 2.29. The number of benzene rings is 2. The Morgan fingerprint density at radius 2 is 1.89 bits per heavy atom. The summed E-state index contributed by atoms with van der Waals surface area (Å²) in [5, 5.41) is 2.86. The molecule has 0 bridgehead atoms. The largest absolute Gasteiger partial charge is 0.496 e. The molecule has 142 valence electrons. The van der Waals surface area contributed by atoms with Crippen molar-refractivity contribution in [1.29, 1.82) is 0 Å². The molecule has 6 nitrogen and oxygen atoms in total. The number of methoxy groups -OCH3 is 1. The first kappa shape index (κ1) is 18.8. The topological polar surface area (TPSA) is 61.9 Å². The molecule has 0 unspecified atom stereocenters. The van der Waals surface area contributed by atoms with Gasteiger partial charge in [-0.05, 0) is 18.6 Å². The van der Waals surface area contributed by atoms with Crippen molar-refractivity contribution in [2.24, 2.45) is 0 Å². The number of carbonyl (C=O) groups is 2. The minimum absolute atomic E-state index is 0.0678. The highest BCUT2D eigenvalue weighted by molar-refractivity contribution is 5.85. The molecule has 0 aliphatic carbocycles. The van der Waals surface area contributed by atoms with Crippen LogP contribution in [0.5, 0.6) is 5.75 Å². The maximum atomic E-state index is 12.6. The number of rotatable bonds is 7. The maximum absolute atomic E-state index is 12.6. The minimum atomic E-state index is -0.174. The van der Waals surface area contributed by atoms with Crippen molar-refractivity contribution in [2.75, 3.05) is 26.7 Å². The predicted molar refractivity (Wildman–Crippen MR) is 103 cm³/mol. The third-order valence-electron chi connectivity index (χ3n) is 4.64. The molecule has 3 rings (SSSR count). The van der Waals surface area contributed by atoms with Gasteiger partial charge in [0.05, 0.1) is 7.11 Å². The Hall–Kier alpha value is -3.02. The Balaban J connectivity index is 1.50. The molecule has 2 aromatic carbocycles. The molecule has 0 radical (unpaired) electrons. The molecule has 2 aromatic rings. The molecule has 0 saturated carbocycles. The van der Waals surface area contributed by atoms with E-state index >= 15 is 0 Å². The lowest BCUT2D eigenvalue weighted by molar-refractivity contribution is -0.121. The quantitative estimate of drug-likeness (QED) is 0.818. The summed E-state index contributed by atoms with van der Waals surface area (Å²) in [5.41, 5.74) is 3.18. The third-order valence-corrected chi connectivity index (χ3v) is 4.64. The molecule has 1 saturated heterocycles. The second kappa shape index (κ2) is 8.58. The molecule has 1 fully saturated rings. The van der Waals surface area contributed by atoms with Crippen LogP contribution in [-0.4, -0.2) is 48.5 Å². The molecule has 1 aliphatic rings. The fourth-order valence-electron chi connectivity index (χ4n) is 3.23. The summed E-state index contributed by atoms with van der Waals surface area (Å²) >= 11 is 0. The van der Waals surface area contributed by atoms with Gasteiger partial charge in [-0.2, -0.15) is 0 Å². The van der Waals surface area contributed by atoms with E-state index in [1.807, 2.05) is 49.4 Å². The number of aryl methyl sites for hydroxylation is 1. The number of urea groups is 1. The molecule has 0 atom stereocenters. The normalized spacial score (nSPS) is 13.8. The molecule has 1 aliphatic heterocycles. The molecule has 6 heteroatoms. The fourth-order valence-corrected chi connectivity index (χ4v) is 3.23. The van der Waals surface area contributed by atoms with Crippen LogP contribution in [0.2, 0.25) is 0 Å². The Labute approximate surface area is 159 Å². The van der Waals surface area contributed by atoms with Crippen molar-refractivity contribution in [1.82, 2.24) is 15.1 Å². The average molecular weight is 367 g/mol. The van der Waals surface area contributed by atoms with Gasteiger partial charge in [0.1, 0.15) is 12.3 Å². The summed E-state index contributed by atoms with van der Waals surface area (Å²) in [6.45, 7) is 4.24. The maximum Gasteiger partial charge on any atom is 0.320 e. The van der Waals surface area contributed by atoms with Crippen molar-refractivity contribution in [2.45, 2.75) is 20.0 Å². The highest BCUT2D eigenvalue weighted by Crippen LogP contribution is 2.17. The number of carbonyl (C=O) groups excluding carboxylic acids is 2. The van der Waals surface area contributed by atoms with E-state index in [2.05, 4.69) is 11.4 Å². The molecular weight excluding hydrogens is 342 g/mol. The van der Waals surface area contributed by atoms with Crippen molar-refractivity contribution in [3.8, 4) is 5.75 Å². The molecule has 27 heavy (non-hydrogen) atoms. The van der Waals surface area contributed by atoms with Gasteiger partial charge in [0.25, 0.3) is 0 Å². The van der Waals surface area contributed by atoms with Crippen LogP contribution >= 0.6 is 0 Å². The highest BCUT2D eigenvalue weighted by atomic mass is 16.5. The van der Waals surface area contributed by atoms with Crippen molar-refractivity contribution < 1.29 is 14.3 Å². The zero-order chi connectivity index (χ0) is 19.2. The predicted octanol–water partition coefficient (Wildman–Crippen LogP) is 2.56. The molecule has 1 heterocycles. The summed E-state index contributed by atoms with van der Waals surface area (Å²) in [4.78, 5) is 28.2. The van der Waals surface area contributed by atoms with E-state index in [1.165, 1.54) is 5.56 Å². The van der Waals surface area contributed by atoms with Gasteiger partial charge in [0, 0.05) is 31.7 Å². The average Bonchev–Trinajstić information content (AvgIpc) is 3.00. The molecule has 1 N–H and O–H groups in total. The first-order valence-electron chi connectivity index (χ1n) is 9.05. The second-order valence-electron chi connectivity index (χ2n) is 6.70. The zero-order valence-corrected chi connectivity index (χ0v) is 15.8. The summed E-state index contributed by atoms with van der Waals surface area (Å²) in [5.74, 6) is 0.561. The summed E-state index contributed by atoms with van der Waals surface area (Å²) in [7, 11) is 1.60. The molecule has 0 aromatic heterocycles. The number of hydrogen-bond acceptors (Lipinski definition) is 3. The summed E-state index contributed by atoms with van der Waals surface area (Å²) in [6, 6.07) is 15.6. The van der Waals surface area contributed by atoms with Gasteiger partial charge in [0.2, 0.25) is 5.91 Å². The number of ether oxygens (including phenoxy) is 1. The van der Waals surface area contributed by atoms with Crippen LogP contribution in [0.1, 0.15) is 16.7 Å². The zero-order valence-electron chi connectivity index (χ0n) is 15.8. The van der Waals surface area contributed by atoms with E-state index in [4.69, 9.17) is 4.74 Å². The van der Waals surface area contributed by atoms with Crippen molar-refractivity contribution in [3.05, 3.63) is 65.2 Å². The minimum Gasteiger partial charge on any atom is -0.496 e. The van der Waals surface area contributed by atoms with Crippen molar-refractivity contribution >= 4 is 11.9 Å². The Kier molecular flexibility index (Phi) is 5.96. The smallest absolute Gasteiger partial charge is 0.320 e. The lowest BCUT2D eigenvalue weighted by Crippen LogP contribution is -2.39. The van der Waals surface area contributed by atoms with Crippen LogP contribution in [0.15, 0.2) is 48.5 Å². The van der Waals surface area contributed by atoms with Gasteiger partial charge in [-0.15, -0.1) is 0 Å².